The number of hydrogen-bond donors (Lipinski definition) is 0. The van der Waals surface area contributed by atoms with Gasteiger partial charge in [0.25, 0.3) is 0 Å². The molecule has 0 aliphatic rings. The van der Waals surface area contributed by atoms with Crippen LogP contribution in [0.3, 0.4) is 0 Å². The van der Waals surface area contributed by atoms with Crippen LogP contribution in [0.1, 0.15) is 25.6 Å². The van der Waals surface area contributed by atoms with E-state index in [2.05, 4.69) is 33.6 Å². The summed E-state index contributed by atoms with van der Waals surface area (Å²) in [6, 6.07) is 0. The van der Waals surface area contributed by atoms with E-state index in [9.17, 15) is 4.79 Å². The van der Waals surface area contributed by atoms with E-state index in [1.807, 2.05) is 0 Å². The highest BCUT2D eigenvalue weighted by atomic mass is 16.5. The fourth-order valence-corrected chi connectivity index (χ4v) is 1.46. The lowest BCUT2D eigenvalue weighted by atomic mass is 10.3. The Morgan fingerprint density at radius 1 is 1.41 bits per heavy atom. The van der Waals surface area contributed by atoms with Crippen LogP contribution in [0.15, 0.2) is 4.52 Å². The third-order valence-corrected chi connectivity index (χ3v) is 2.58. The number of rotatable bonds is 7. The van der Waals surface area contributed by atoms with Crippen molar-refractivity contribution >= 4 is 5.97 Å². The Labute approximate surface area is 101 Å². The zero-order valence-corrected chi connectivity index (χ0v) is 10.6. The van der Waals surface area contributed by atoms with E-state index in [1.54, 1.807) is 0 Å². The summed E-state index contributed by atoms with van der Waals surface area (Å²) in [6.45, 7) is 7.13. The summed E-state index contributed by atoms with van der Waals surface area (Å²) in [5.41, 5.74) is 0. The minimum atomic E-state index is -0.371. The molecule has 0 amide bonds. The first-order valence-electron chi connectivity index (χ1n) is 5.80. The summed E-state index contributed by atoms with van der Waals surface area (Å²) < 4.78 is 9.48. The molecular formula is C11H19N3O3. The smallest absolute Gasteiger partial charge is 0.315 e. The average Bonchev–Trinajstić information content (AvgIpc) is 2.78. The molecule has 0 saturated carbocycles. The molecule has 1 heterocycles. The monoisotopic (exact) mass is 241 g/mol. The van der Waals surface area contributed by atoms with Crippen LogP contribution >= 0.6 is 0 Å². The molecule has 6 nitrogen and oxygen atoms in total. The molecule has 0 radical (unpaired) electrons. The van der Waals surface area contributed by atoms with E-state index in [4.69, 9.17) is 4.52 Å². The molecule has 0 bridgehead atoms. The minimum absolute atomic E-state index is 0.0365. The van der Waals surface area contributed by atoms with Crippen molar-refractivity contribution in [1.29, 1.82) is 0 Å². The van der Waals surface area contributed by atoms with E-state index < -0.39 is 0 Å². The van der Waals surface area contributed by atoms with Crippen molar-refractivity contribution in [3.05, 3.63) is 11.7 Å². The van der Waals surface area contributed by atoms with Crippen LogP contribution in [0.5, 0.6) is 0 Å². The first-order valence-corrected chi connectivity index (χ1v) is 5.80. The highest BCUT2D eigenvalue weighted by Crippen LogP contribution is 2.01. The molecule has 0 aliphatic carbocycles. The lowest BCUT2D eigenvalue weighted by Crippen LogP contribution is -2.25. The first-order chi connectivity index (χ1) is 8.19. The van der Waals surface area contributed by atoms with E-state index in [0.29, 0.717) is 11.7 Å². The topological polar surface area (TPSA) is 68.5 Å². The fraction of sp³-hybridized carbons (Fsp3) is 0.727. The summed E-state index contributed by atoms with van der Waals surface area (Å²) in [6.07, 6.45) is 0.765. The Bertz CT molecular complexity index is 347. The average molecular weight is 241 g/mol. The SMILES string of the molecule is CCN(CC)CCc1noc(CC(=O)OC)n1. The third-order valence-electron chi connectivity index (χ3n) is 2.58. The maximum Gasteiger partial charge on any atom is 0.315 e. The molecule has 17 heavy (non-hydrogen) atoms. The quantitative estimate of drug-likeness (QED) is 0.653. The number of ether oxygens (including phenoxy) is 1. The summed E-state index contributed by atoms with van der Waals surface area (Å²) in [4.78, 5) is 17.4. The Morgan fingerprint density at radius 2 is 2.12 bits per heavy atom. The van der Waals surface area contributed by atoms with Gasteiger partial charge in [-0.2, -0.15) is 4.98 Å². The lowest BCUT2D eigenvalue weighted by molar-refractivity contribution is -0.140. The molecule has 0 saturated heterocycles. The van der Waals surface area contributed by atoms with Crippen LogP contribution in [-0.4, -0.2) is 47.8 Å². The minimum Gasteiger partial charge on any atom is -0.469 e. The van der Waals surface area contributed by atoms with E-state index >= 15 is 0 Å². The number of hydrogen-bond acceptors (Lipinski definition) is 6. The normalized spacial score (nSPS) is 10.8. The van der Waals surface area contributed by atoms with Gasteiger partial charge in [-0.3, -0.25) is 4.79 Å². The molecule has 1 aromatic rings. The molecule has 0 fully saturated rings. The highest BCUT2D eigenvalue weighted by Gasteiger charge is 2.11. The molecule has 0 atom stereocenters. The molecule has 1 rings (SSSR count). The molecule has 0 aromatic carbocycles. The number of methoxy groups -OCH3 is 1. The second kappa shape index (κ2) is 7.01. The zero-order valence-electron chi connectivity index (χ0n) is 10.6. The van der Waals surface area contributed by atoms with Gasteiger partial charge in [0.15, 0.2) is 5.82 Å². The molecule has 0 spiro atoms. The fourth-order valence-electron chi connectivity index (χ4n) is 1.46. The van der Waals surface area contributed by atoms with Crippen molar-refractivity contribution in [2.24, 2.45) is 0 Å². The van der Waals surface area contributed by atoms with Gasteiger partial charge in [-0.25, -0.2) is 0 Å². The summed E-state index contributed by atoms with van der Waals surface area (Å²) >= 11 is 0. The Morgan fingerprint density at radius 3 is 2.71 bits per heavy atom. The Balaban J connectivity index is 2.42. The maximum absolute atomic E-state index is 11.0. The van der Waals surface area contributed by atoms with Gasteiger partial charge in [0.2, 0.25) is 5.89 Å². The number of nitrogens with zero attached hydrogens (tertiary/aromatic N) is 3. The van der Waals surface area contributed by atoms with Crippen LogP contribution in [0.2, 0.25) is 0 Å². The van der Waals surface area contributed by atoms with Crippen LogP contribution in [0.25, 0.3) is 0 Å². The van der Waals surface area contributed by atoms with Crippen molar-refractivity contribution in [2.45, 2.75) is 26.7 Å². The van der Waals surface area contributed by atoms with E-state index in [-0.39, 0.29) is 12.4 Å². The van der Waals surface area contributed by atoms with Crippen molar-refractivity contribution in [1.82, 2.24) is 15.0 Å². The lowest BCUT2D eigenvalue weighted by Gasteiger charge is -2.16. The van der Waals surface area contributed by atoms with Gasteiger partial charge >= 0.3 is 5.97 Å². The molecule has 1 aromatic heterocycles. The van der Waals surface area contributed by atoms with Gasteiger partial charge in [0.1, 0.15) is 6.42 Å². The molecular weight excluding hydrogens is 222 g/mol. The van der Waals surface area contributed by atoms with Gasteiger partial charge in [0, 0.05) is 13.0 Å². The largest absolute Gasteiger partial charge is 0.469 e. The van der Waals surface area contributed by atoms with Crippen LogP contribution < -0.4 is 0 Å². The van der Waals surface area contributed by atoms with Gasteiger partial charge < -0.3 is 14.2 Å². The number of likely N-dealkylation sites (N-methyl/N-ethyl adjacent to an activating group) is 1. The molecule has 0 N–H and O–H groups in total. The van der Waals surface area contributed by atoms with Crippen molar-refractivity contribution in [3.8, 4) is 0 Å². The van der Waals surface area contributed by atoms with Crippen LogP contribution in [0, 0.1) is 0 Å². The predicted molar refractivity (Wildman–Crippen MR) is 61.5 cm³/mol. The van der Waals surface area contributed by atoms with Gasteiger partial charge in [0.05, 0.1) is 7.11 Å². The molecule has 0 aliphatic heterocycles. The Hall–Kier alpha value is -1.43. The van der Waals surface area contributed by atoms with Crippen molar-refractivity contribution in [2.75, 3.05) is 26.7 Å². The molecule has 96 valence electrons. The summed E-state index contributed by atoms with van der Waals surface area (Å²) in [7, 11) is 1.33. The van der Waals surface area contributed by atoms with Crippen molar-refractivity contribution < 1.29 is 14.1 Å². The molecule has 0 unspecified atom stereocenters. The van der Waals surface area contributed by atoms with Gasteiger partial charge in [-0.1, -0.05) is 19.0 Å². The number of carbonyl (C=O) groups is 1. The Kier molecular flexibility index (Phi) is 5.62. The highest BCUT2D eigenvalue weighted by molar-refractivity contribution is 5.70. The number of aromatic nitrogens is 2. The zero-order chi connectivity index (χ0) is 12.7. The van der Waals surface area contributed by atoms with Gasteiger partial charge in [-0.15, -0.1) is 0 Å². The maximum atomic E-state index is 11.0. The molecule has 6 heteroatoms. The second-order valence-corrected chi connectivity index (χ2v) is 3.63. The standard InChI is InChI=1S/C11H19N3O3/c1-4-14(5-2)7-6-9-12-10(17-13-9)8-11(15)16-3/h4-8H2,1-3H3. The predicted octanol–water partition coefficient (Wildman–Crippen LogP) is 0.669. The van der Waals surface area contributed by atoms with E-state index in [1.165, 1.54) is 7.11 Å². The van der Waals surface area contributed by atoms with E-state index in [0.717, 1.165) is 26.1 Å². The second-order valence-electron chi connectivity index (χ2n) is 3.63. The summed E-state index contributed by atoms with van der Waals surface area (Å²) in [5.74, 6) is 0.575. The summed E-state index contributed by atoms with van der Waals surface area (Å²) in [5, 5.41) is 3.82. The first kappa shape index (κ1) is 13.6. The number of esters is 1. The third kappa shape index (κ3) is 4.52. The van der Waals surface area contributed by atoms with Crippen LogP contribution in [-0.2, 0) is 22.4 Å². The number of carbonyl (C=O) groups excluding carboxylic acids is 1. The van der Waals surface area contributed by atoms with Gasteiger partial charge in [-0.05, 0) is 13.1 Å². The van der Waals surface area contributed by atoms with Crippen molar-refractivity contribution in [3.63, 3.8) is 0 Å². The van der Waals surface area contributed by atoms with Crippen LogP contribution in [0.4, 0.5) is 0 Å².